The van der Waals surface area contributed by atoms with E-state index in [1.165, 1.54) is 4.90 Å². The SMILES string of the molecule is O=C(COc1ccc2ccccc2c1)N1CCN(S(=O)(=O)c2ccc(F)c(F)c2)CC1. The van der Waals surface area contributed by atoms with Crippen LogP contribution in [0.1, 0.15) is 0 Å². The number of rotatable bonds is 5. The normalized spacial score (nSPS) is 15.2. The molecule has 1 amide bonds. The zero-order chi connectivity index (χ0) is 22.0. The molecule has 0 bridgehead atoms. The molecule has 0 atom stereocenters. The molecule has 3 aromatic rings. The van der Waals surface area contributed by atoms with E-state index in [9.17, 15) is 22.0 Å². The molecule has 0 radical (unpaired) electrons. The number of nitrogens with zero attached hydrogens (tertiary/aromatic N) is 2. The van der Waals surface area contributed by atoms with Crippen LogP contribution in [0.5, 0.6) is 5.75 Å². The zero-order valence-electron chi connectivity index (χ0n) is 16.5. The van der Waals surface area contributed by atoms with Crippen molar-refractivity contribution < 1.29 is 26.7 Å². The summed E-state index contributed by atoms with van der Waals surface area (Å²) in [5.74, 6) is -2.01. The summed E-state index contributed by atoms with van der Waals surface area (Å²) in [6.07, 6.45) is 0. The minimum absolute atomic E-state index is 0.0586. The van der Waals surface area contributed by atoms with Gasteiger partial charge in [-0.3, -0.25) is 4.79 Å². The molecule has 31 heavy (non-hydrogen) atoms. The number of carbonyl (C=O) groups excluding carboxylic acids is 1. The summed E-state index contributed by atoms with van der Waals surface area (Å²) in [5, 5.41) is 2.07. The Morgan fingerprint density at radius 3 is 2.29 bits per heavy atom. The lowest BCUT2D eigenvalue weighted by molar-refractivity contribution is -0.134. The Hall–Kier alpha value is -3.04. The molecular weight excluding hydrogens is 426 g/mol. The molecule has 0 aromatic heterocycles. The van der Waals surface area contributed by atoms with Gasteiger partial charge in [0.1, 0.15) is 5.75 Å². The number of hydrogen-bond donors (Lipinski definition) is 0. The van der Waals surface area contributed by atoms with Crippen LogP contribution in [0, 0.1) is 11.6 Å². The van der Waals surface area contributed by atoms with Gasteiger partial charge in [0.25, 0.3) is 5.91 Å². The fraction of sp³-hybridized carbons (Fsp3) is 0.227. The van der Waals surface area contributed by atoms with Crippen LogP contribution < -0.4 is 4.74 Å². The number of amides is 1. The third-order valence-corrected chi connectivity index (χ3v) is 7.10. The van der Waals surface area contributed by atoms with Crippen molar-refractivity contribution >= 4 is 26.7 Å². The number of hydrogen-bond acceptors (Lipinski definition) is 4. The number of ether oxygens (including phenoxy) is 1. The van der Waals surface area contributed by atoms with Gasteiger partial charge in [0.2, 0.25) is 10.0 Å². The van der Waals surface area contributed by atoms with Crippen LogP contribution in [0.3, 0.4) is 0 Å². The summed E-state index contributed by atoms with van der Waals surface area (Å²) in [7, 11) is -3.97. The maximum Gasteiger partial charge on any atom is 0.260 e. The highest BCUT2D eigenvalue weighted by Gasteiger charge is 2.30. The Kier molecular flexibility index (Phi) is 5.88. The van der Waals surface area contributed by atoms with Gasteiger partial charge < -0.3 is 9.64 Å². The van der Waals surface area contributed by atoms with E-state index < -0.39 is 21.7 Å². The van der Waals surface area contributed by atoms with E-state index in [1.807, 2.05) is 36.4 Å². The maximum absolute atomic E-state index is 13.4. The molecule has 1 aliphatic rings. The second-order valence-corrected chi connectivity index (χ2v) is 9.10. The minimum atomic E-state index is -3.97. The van der Waals surface area contributed by atoms with Crippen LogP contribution in [-0.2, 0) is 14.8 Å². The first kappa shape index (κ1) is 21.2. The van der Waals surface area contributed by atoms with E-state index in [-0.39, 0.29) is 43.6 Å². The molecule has 1 fully saturated rings. The van der Waals surface area contributed by atoms with Crippen molar-refractivity contribution in [2.24, 2.45) is 0 Å². The van der Waals surface area contributed by atoms with Crippen molar-refractivity contribution in [2.45, 2.75) is 4.90 Å². The quantitative estimate of drug-likeness (QED) is 0.604. The van der Waals surface area contributed by atoms with Gasteiger partial charge in [0.15, 0.2) is 18.2 Å². The highest BCUT2D eigenvalue weighted by molar-refractivity contribution is 7.89. The van der Waals surface area contributed by atoms with Crippen LogP contribution in [-0.4, -0.2) is 56.3 Å². The van der Waals surface area contributed by atoms with E-state index in [4.69, 9.17) is 4.74 Å². The Balaban J connectivity index is 1.34. The highest BCUT2D eigenvalue weighted by atomic mass is 32.2. The van der Waals surface area contributed by atoms with Crippen LogP contribution in [0.2, 0.25) is 0 Å². The molecule has 0 spiro atoms. The predicted octanol–water partition coefficient (Wildman–Crippen LogP) is 3.03. The third-order valence-electron chi connectivity index (χ3n) is 5.20. The number of fused-ring (bicyclic) bond motifs is 1. The number of carbonyl (C=O) groups is 1. The smallest absolute Gasteiger partial charge is 0.260 e. The molecule has 0 aliphatic carbocycles. The van der Waals surface area contributed by atoms with Gasteiger partial charge in [-0.25, -0.2) is 17.2 Å². The standard InChI is InChI=1S/C22H20F2N2O4S/c23-20-8-7-19(14-21(20)24)31(28,29)26-11-9-25(10-12-26)22(27)15-30-18-6-5-16-3-1-2-4-17(16)13-18/h1-8,13-14H,9-12,15H2. The summed E-state index contributed by atoms with van der Waals surface area (Å²) in [5.41, 5.74) is 0. The average Bonchev–Trinajstić information content (AvgIpc) is 2.79. The first-order chi connectivity index (χ1) is 14.8. The highest BCUT2D eigenvalue weighted by Crippen LogP contribution is 2.22. The number of halogens is 2. The first-order valence-corrected chi connectivity index (χ1v) is 11.1. The zero-order valence-corrected chi connectivity index (χ0v) is 17.3. The molecular formula is C22H20F2N2O4S. The molecule has 6 nitrogen and oxygen atoms in total. The molecule has 1 saturated heterocycles. The molecule has 0 N–H and O–H groups in total. The molecule has 9 heteroatoms. The van der Waals surface area contributed by atoms with Gasteiger partial charge in [-0.1, -0.05) is 30.3 Å². The first-order valence-electron chi connectivity index (χ1n) is 9.69. The summed E-state index contributed by atoms with van der Waals surface area (Å²) < 4.78 is 58.6. The van der Waals surface area contributed by atoms with E-state index in [0.29, 0.717) is 11.8 Å². The Labute approximate surface area is 178 Å². The Morgan fingerprint density at radius 1 is 0.871 bits per heavy atom. The van der Waals surface area contributed by atoms with Gasteiger partial charge in [0.05, 0.1) is 4.90 Å². The van der Waals surface area contributed by atoms with Gasteiger partial charge >= 0.3 is 0 Å². The second-order valence-electron chi connectivity index (χ2n) is 7.16. The van der Waals surface area contributed by atoms with E-state index >= 15 is 0 Å². The Bertz CT molecular complexity index is 1230. The lowest BCUT2D eigenvalue weighted by atomic mass is 10.1. The molecule has 1 aliphatic heterocycles. The molecule has 4 rings (SSSR count). The van der Waals surface area contributed by atoms with Crippen molar-refractivity contribution in [1.29, 1.82) is 0 Å². The third kappa shape index (κ3) is 4.52. The fourth-order valence-electron chi connectivity index (χ4n) is 3.46. The largest absolute Gasteiger partial charge is 0.484 e. The topological polar surface area (TPSA) is 66.9 Å². The predicted molar refractivity (Wildman–Crippen MR) is 111 cm³/mol. The van der Waals surface area contributed by atoms with Crippen LogP contribution in [0.25, 0.3) is 10.8 Å². The van der Waals surface area contributed by atoms with Gasteiger partial charge in [-0.05, 0) is 41.1 Å². The van der Waals surface area contributed by atoms with Crippen molar-refractivity contribution in [3.63, 3.8) is 0 Å². The van der Waals surface area contributed by atoms with Crippen LogP contribution >= 0.6 is 0 Å². The molecule has 162 valence electrons. The molecule has 1 heterocycles. The van der Waals surface area contributed by atoms with Crippen LogP contribution in [0.4, 0.5) is 8.78 Å². The van der Waals surface area contributed by atoms with Gasteiger partial charge in [-0.15, -0.1) is 0 Å². The summed E-state index contributed by atoms with van der Waals surface area (Å²) in [4.78, 5) is 13.7. The van der Waals surface area contributed by atoms with Gasteiger partial charge in [0, 0.05) is 26.2 Å². The maximum atomic E-state index is 13.4. The summed E-state index contributed by atoms with van der Waals surface area (Å²) in [6, 6.07) is 15.8. The van der Waals surface area contributed by atoms with E-state index in [0.717, 1.165) is 27.2 Å². The fourth-order valence-corrected chi connectivity index (χ4v) is 4.89. The number of piperazine rings is 1. The van der Waals surface area contributed by atoms with Gasteiger partial charge in [-0.2, -0.15) is 4.31 Å². The number of benzene rings is 3. The molecule has 3 aromatic carbocycles. The summed E-state index contributed by atoms with van der Waals surface area (Å²) in [6.45, 7) is 0.325. The van der Waals surface area contributed by atoms with Crippen molar-refractivity contribution in [1.82, 2.24) is 9.21 Å². The van der Waals surface area contributed by atoms with Crippen molar-refractivity contribution in [2.75, 3.05) is 32.8 Å². The van der Waals surface area contributed by atoms with E-state index in [1.54, 1.807) is 6.07 Å². The minimum Gasteiger partial charge on any atom is -0.484 e. The monoisotopic (exact) mass is 446 g/mol. The van der Waals surface area contributed by atoms with E-state index in [2.05, 4.69) is 0 Å². The second kappa shape index (κ2) is 8.60. The Morgan fingerprint density at radius 2 is 1.58 bits per heavy atom. The summed E-state index contributed by atoms with van der Waals surface area (Å²) >= 11 is 0. The lowest BCUT2D eigenvalue weighted by Gasteiger charge is -2.34. The van der Waals surface area contributed by atoms with Crippen LogP contribution in [0.15, 0.2) is 65.6 Å². The number of sulfonamides is 1. The average molecular weight is 446 g/mol. The van der Waals surface area contributed by atoms with Crippen molar-refractivity contribution in [3.05, 3.63) is 72.3 Å². The van der Waals surface area contributed by atoms with Crippen molar-refractivity contribution in [3.8, 4) is 5.75 Å². The molecule has 0 saturated carbocycles. The lowest BCUT2D eigenvalue weighted by Crippen LogP contribution is -2.51. The molecule has 0 unspecified atom stereocenters.